The van der Waals surface area contributed by atoms with Crippen LogP contribution >= 0.6 is 11.6 Å². The van der Waals surface area contributed by atoms with Gasteiger partial charge in [-0.05, 0) is 93.4 Å². The van der Waals surface area contributed by atoms with Crippen molar-refractivity contribution in [3.8, 4) is 5.75 Å². The number of ether oxygens (including phenoxy) is 1. The zero-order chi connectivity index (χ0) is 34.2. The van der Waals surface area contributed by atoms with Crippen LogP contribution in [0.5, 0.6) is 5.75 Å². The van der Waals surface area contributed by atoms with E-state index in [-0.39, 0.29) is 23.5 Å². The lowest BCUT2D eigenvalue weighted by molar-refractivity contribution is -0.140. The Morgan fingerprint density at radius 1 is 0.894 bits per heavy atom. The molecule has 0 aliphatic rings. The fraction of sp³-hybridized carbons (Fsp3) is 0.278. The summed E-state index contributed by atoms with van der Waals surface area (Å²) in [6.07, 6.45) is 0.154. The van der Waals surface area contributed by atoms with E-state index in [2.05, 4.69) is 5.32 Å². The number of amides is 2. The summed E-state index contributed by atoms with van der Waals surface area (Å²) in [5.74, 6) is -1.16. The van der Waals surface area contributed by atoms with Crippen LogP contribution in [-0.2, 0) is 32.6 Å². The van der Waals surface area contributed by atoms with E-state index in [1.807, 2.05) is 58.0 Å². The highest BCUT2D eigenvalue weighted by atomic mass is 35.5. The molecule has 0 spiro atoms. The molecule has 8 nitrogen and oxygen atoms in total. The van der Waals surface area contributed by atoms with Gasteiger partial charge in [0.15, 0.2) is 0 Å². The molecule has 248 valence electrons. The molecule has 0 fully saturated rings. The standard InChI is InChI=1S/C36H39ClFN3O5S/c1-5-46-30-19-21-31(22-20-30)47(44,45)41(29-17-15-28(38)16-18-29)25-34(42)40(24-27-13-9-10-14-32(27)37)33(35(43)39-36(2,3)4)23-26-11-7-6-8-12-26/h6-22,33H,5,23-25H2,1-4H3,(H,39,43)/t33-/m0/s1. The summed E-state index contributed by atoms with van der Waals surface area (Å²) < 4.78 is 48.7. The molecular weight excluding hydrogens is 641 g/mol. The predicted octanol–water partition coefficient (Wildman–Crippen LogP) is 6.63. The van der Waals surface area contributed by atoms with Crippen molar-refractivity contribution in [1.82, 2.24) is 10.2 Å². The lowest BCUT2D eigenvalue weighted by atomic mass is 10.0. The Morgan fingerprint density at radius 3 is 2.11 bits per heavy atom. The fourth-order valence-electron chi connectivity index (χ4n) is 4.95. The second-order valence-electron chi connectivity index (χ2n) is 12.0. The molecule has 0 saturated carbocycles. The van der Waals surface area contributed by atoms with E-state index in [0.29, 0.717) is 22.9 Å². The Balaban J connectivity index is 1.81. The van der Waals surface area contributed by atoms with Crippen molar-refractivity contribution in [2.45, 2.75) is 57.1 Å². The van der Waals surface area contributed by atoms with Gasteiger partial charge < -0.3 is 15.0 Å². The smallest absolute Gasteiger partial charge is 0.264 e. The zero-order valence-electron chi connectivity index (χ0n) is 26.8. The van der Waals surface area contributed by atoms with E-state index < -0.39 is 45.8 Å². The fourth-order valence-corrected chi connectivity index (χ4v) is 6.56. The molecule has 0 radical (unpaired) electrons. The number of carbonyl (C=O) groups excluding carboxylic acids is 2. The molecule has 4 rings (SSSR count). The third-order valence-electron chi connectivity index (χ3n) is 7.18. The van der Waals surface area contributed by atoms with Crippen LogP contribution < -0.4 is 14.4 Å². The maximum atomic E-state index is 14.5. The van der Waals surface area contributed by atoms with Gasteiger partial charge in [0, 0.05) is 23.5 Å². The summed E-state index contributed by atoms with van der Waals surface area (Å²) in [6, 6.07) is 25.8. The van der Waals surface area contributed by atoms with E-state index >= 15 is 0 Å². The molecular formula is C36H39ClFN3O5S. The Kier molecular flexibility index (Phi) is 11.7. The van der Waals surface area contributed by atoms with Gasteiger partial charge in [0.1, 0.15) is 24.2 Å². The normalized spacial score (nSPS) is 12.2. The highest BCUT2D eigenvalue weighted by Gasteiger charge is 2.36. The summed E-state index contributed by atoms with van der Waals surface area (Å²) >= 11 is 6.54. The minimum absolute atomic E-state index is 0.0741. The number of nitrogens with zero attached hydrogens (tertiary/aromatic N) is 2. The Labute approximate surface area is 281 Å². The third kappa shape index (κ3) is 9.56. The van der Waals surface area contributed by atoms with Gasteiger partial charge in [0.2, 0.25) is 11.8 Å². The van der Waals surface area contributed by atoms with Crippen LogP contribution in [0.4, 0.5) is 10.1 Å². The second-order valence-corrected chi connectivity index (χ2v) is 14.2. The summed E-state index contributed by atoms with van der Waals surface area (Å²) in [5.41, 5.74) is 0.829. The van der Waals surface area contributed by atoms with Crippen LogP contribution in [0.25, 0.3) is 0 Å². The summed E-state index contributed by atoms with van der Waals surface area (Å²) in [6.45, 7) is 6.97. The van der Waals surface area contributed by atoms with E-state index in [9.17, 15) is 22.4 Å². The SMILES string of the molecule is CCOc1ccc(S(=O)(=O)N(CC(=O)N(Cc2ccccc2Cl)[C@@H](Cc2ccccc2)C(=O)NC(C)(C)C)c2ccc(F)cc2)cc1. The number of rotatable bonds is 13. The van der Waals surface area contributed by atoms with Gasteiger partial charge in [0.05, 0.1) is 17.2 Å². The molecule has 0 aliphatic carbocycles. The Hall–Kier alpha value is -4.41. The van der Waals surface area contributed by atoms with Crippen molar-refractivity contribution >= 4 is 39.1 Å². The molecule has 11 heteroatoms. The van der Waals surface area contributed by atoms with Crippen LogP contribution in [0.2, 0.25) is 5.02 Å². The van der Waals surface area contributed by atoms with Gasteiger partial charge in [0.25, 0.3) is 10.0 Å². The number of nitrogens with one attached hydrogen (secondary N) is 1. The lowest BCUT2D eigenvalue weighted by Crippen LogP contribution is -2.56. The van der Waals surface area contributed by atoms with Crippen LogP contribution in [0.15, 0.2) is 108 Å². The van der Waals surface area contributed by atoms with Gasteiger partial charge in [-0.3, -0.25) is 13.9 Å². The number of anilines is 1. The van der Waals surface area contributed by atoms with Crippen molar-refractivity contribution in [3.63, 3.8) is 0 Å². The maximum absolute atomic E-state index is 14.5. The average molecular weight is 680 g/mol. The van der Waals surface area contributed by atoms with Gasteiger partial charge in [-0.25, -0.2) is 12.8 Å². The maximum Gasteiger partial charge on any atom is 0.264 e. The Bertz CT molecular complexity index is 1760. The number of carbonyl (C=O) groups is 2. The highest BCUT2D eigenvalue weighted by Crippen LogP contribution is 2.27. The van der Waals surface area contributed by atoms with Gasteiger partial charge >= 0.3 is 0 Å². The van der Waals surface area contributed by atoms with Crippen LogP contribution in [-0.4, -0.2) is 49.9 Å². The first-order valence-electron chi connectivity index (χ1n) is 15.2. The van der Waals surface area contributed by atoms with Gasteiger partial charge in [-0.1, -0.05) is 60.1 Å². The molecule has 47 heavy (non-hydrogen) atoms. The predicted molar refractivity (Wildman–Crippen MR) is 182 cm³/mol. The van der Waals surface area contributed by atoms with Crippen molar-refractivity contribution in [1.29, 1.82) is 0 Å². The number of halogens is 2. The minimum Gasteiger partial charge on any atom is -0.494 e. The van der Waals surface area contributed by atoms with Crippen LogP contribution in [0, 0.1) is 5.82 Å². The van der Waals surface area contributed by atoms with Crippen LogP contribution in [0.3, 0.4) is 0 Å². The molecule has 0 bridgehead atoms. The number of hydrogen-bond acceptors (Lipinski definition) is 5. The molecule has 0 aliphatic heterocycles. The third-order valence-corrected chi connectivity index (χ3v) is 9.34. The van der Waals surface area contributed by atoms with Crippen molar-refractivity contribution in [3.05, 3.63) is 125 Å². The summed E-state index contributed by atoms with van der Waals surface area (Å²) in [7, 11) is -4.36. The largest absolute Gasteiger partial charge is 0.494 e. The minimum atomic E-state index is -4.36. The van der Waals surface area contributed by atoms with Gasteiger partial charge in [-0.15, -0.1) is 0 Å². The topological polar surface area (TPSA) is 96.0 Å². The van der Waals surface area contributed by atoms with Crippen molar-refractivity contribution in [2.24, 2.45) is 0 Å². The Morgan fingerprint density at radius 2 is 1.51 bits per heavy atom. The van der Waals surface area contributed by atoms with Gasteiger partial charge in [-0.2, -0.15) is 0 Å². The highest BCUT2D eigenvalue weighted by molar-refractivity contribution is 7.92. The molecule has 0 unspecified atom stereocenters. The van der Waals surface area contributed by atoms with E-state index in [1.54, 1.807) is 24.3 Å². The monoisotopic (exact) mass is 679 g/mol. The van der Waals surface area contributed by atoms with Crippen molar-refractivity contribution in [2.75, 3.05) is 17.5 Å². The molecule has 0 aromatic heterocycles. The van der Waals surface area contributed by atoms with E-state index in [4.69, 9.17) is 16.3 Å². The molecule has 0 saturated heterocycles. The molecule has 4 aromatic carbocycles. The first-order chi connectivity index (χ1) is 22.3. The summed E-state index contributed by atoms with van der Waals surface area (Å²) in [5, 5.41) is 3.37. The molecule has 4 aromatic rings. The molecule has 1 atom stereocenters. The first kappa shape index (κ1) is 35.4. The average Bonchev–Trinajstić information content (AvgIpc) is 3.03. The van der Waals surface area contributed by atoms with Crippen molar-refractivity contribution < 1.29 is 27.1 Å². The zero-order valence-corrected chi connectivity index (χ0v) is 28.4. The quantitative estimate of drug-likeness (QED) is 0.171. The molecule has 1 N–H and O–H groups in total. The molecule has 2 amide bonds. The lowest BCUT2D eigenvalue weighted by Gasteiger charge is -2.35. The van der Waals surface area contributed by atoms with E-state index in [0.717, 1.165) is 22.0 Å². The van der Waals surface area contributed by atoms with Crippen LogP contribution in [0.1, 0.15) is 38.8 Å². The first-order valence-corrected chi connectivity index (χ1v) is 17.0. The number of hydrogen-bond donors (Lipinski definition) is 1. The number of sulfonamides is 1. The summed E-state index contributed by atoms with van der Waals surface area (Å²) in [4.78, 5) is 29.8. The molecule has 0 heterocycles. The van der Waals surface area contributed by atoms with E-state index in [1.165, 1.54) is 41.3 Å². The number of benzene rings is 4. The second kappa shape index (κ2) is 15.5.